The molecule has 0 atom stereocenters. The molecule has 0 saturated carbocycles. The first-order valence-corrected chi connectivity index (χ1v) is 6.16. The van der Waals surface area contributed by atoms with Gasteiger partial charge in [0.15, 0.2) is 0 Å². The van der Waals surface area contributed by atoms with Gasteiger partial charge in [0.25, 0.3) is 6.47 Å². The lowest BCUT2D eigenvalue weighted by molar-refractivity contribution is -0.127. The molecule has 0 unspecified atom stereocenters. The Labute approximate surface area is 103 Å². The fourth-order valence-corrected chi connectivity index (χ4v) is 1.71. The van der Waals surface area contributed by atoms with Gasteiger partial charge in [-0.25, -0.2) is 0 Å². The zero-order valence-electron chi connectivity index (χ0n) is 10.4. The molecule has 2 nitrogen and oxygen atoms in total. The van der Waals surface area contributed by atoms with Crippen molar-refractivity contribution in [3.8, 4) is 0 Å². The van der Waals surface area contributed by atoms with Crippen molar-refractivity contribution in [3.05, 3.63) is 41.5 Å². The Hall–Kier alpha value is -1.57. The van der Waals surface area contributed by atoms with Crippen LogP contribution in [0.3, 0.4) is 0 Å². The highest BCUT2D eigenvalue weighted by atomic mass is 16.5. The Balaban J connectivity index is 2.60. The minimum absolute atomic E-state index is 0.405. The second-order valence-electron chi connectivity index (χ2n) is 4.08. The Bertz CT molecular complexity index is 341. The van der Waals surface area contributed by atoms with E-state index in [1.165, 1.54) is 18.4 Å². The highest BCUT2D eigenvalue weighted by Gasteiger charge is 1.99. The lowest BCUT2D eigenvalue weighted by Gasteiger charge is -2.06. The maximum absolute atomic E-state index is 10.2. The molecule has 0 aliphatic rings. The van der Waals surface area contributed by atoms with Crippen LogP contribution in [-0.2, 0) is 9.53 Å². The Kier molecular flexibility index (Phi) is 6.80. The van der Waals surface area contributed by atoms with Crippen molar-refractivity contribution < 1.29 is 9.53 Å². The van der Waals surface area contributed by atoms with Crippen molar-refractivity contribution in [1.29, 1.82) is 0 Å². The summed E-state index contributed by atoms with van der Waals surface area (Å²) >= 11 is 0. The first-order chi connectivity index (χ1) is 8.36. The van der Waals surface area contributed by atoms with E-state index < -0.39 is 0 Å². The van der Waals surface area contributed by atoms with E-state index in [4.69, 9.17) is 4.74 Å². The molecule has 0 spiro atoms. The first kappa shape index (κ1) is 13.5. The molecule has 0 amide bonds. The van der Waals surface area contributed by atoms with Gasteiger partial charge in [-0.05, 0) is 24.0 Å². The standard InChI is InChI=1S/C15H20O2/c1-2-3-5-10-15(12-17-13-16)11-14-8-6-4-7-9-14/h4,6-9,11,13H,2-3,5,10,12H2,1H3. The van der Waals surface area contributed by atoms with Crippen LogP contribution in [0, 0.1) is 0 Å². The van der Waals surface area contributed by atoms with E-state index in [9.17, 15) is 4.79 Å². The average Bonchev–Trinajstić information content (AvgIpc) is 2.37. The van der Waals surface area contributed by atoms with Gasteiger partial charge in [0.05, 0.1) is 0 Å². The number of hydrogen-bond donors (Lipinski definition) is 0. The van der Waals surface area contributed by atoms with Gasteiger partial charge in [-0.15, -0.1) is 0 Å². The SMILES string of the molecule is CCCCCC(=Cc1ccccc1)COC=O. The Morgan fingerprint density at radius 3 is 2.65 bits per heavy atom. The number of rotatable bonds is 8. The summed E-state index contributed by atoms with van der Waals surface area (Å²) in [5.41, 5.74) is 2.34. The maximum Gasteiger partial charge on any atom is 0.293 e. The van der Waals surface area contributed by atoms with Gasteiger partial charge in [-0.1, -0.05) is 56.2 Å². The van der Waals surface area contributed by atoms with Crippen LogP contribution in [-0.4, -0.2) is 13.1 Å². The number of unbranched alkanes of at least 4 members (excludes halogenated alkanes) is 2. The zero-order valence-corrected chi connectivity index (χ0v) is 10.4. The van der Waals surface area contributed by atoms with Gasteiger partial charge in [0, 0.05) is 0 Å². The molecule has 1 rings (SSSR count). The summed E-state index contributed by atoms with van der Waals surface area (Å²) in [5.74, 6) is 0. The summed E-state index contributed by atoms with van der Waals surface area (Å²) in [4.78, 5) is 10.2. The molecule has 92 valence electrons. The fraction of sp³-hybridized carbons (Fsp3) is 0.400. The molecule has 0 saturated heterocycles. The summed E-state index contributed by atoms with van der Waals surface area (Å²) in [6, 6.07) is 10.1. The molecule has 0 aromatic heterocycles. The maximum atomic E-state index is 10.2. The summed E-state index contributed by atoms with van der Waals surface area (Å²) in [6.07, 6.45) is 6.67. The Morgan fingerprint density at radius 2 is 2.00 bits per heavy atom. The molecule has 17 heavy (non-hydrogen) atoms. The zero-order chi connectivity index (χ0) is 12.3. The summed E-state index contributed by atoms with van der Waals surface area (Å²) in [7, 11) is 0. The third-order valence-electron chi connectivity index (χ3n) is 2.61. The summed E-state index contributed by atoms with van der Waals surface area (Å²) < 4.78 is 4.85. The van der Waals surface area contributed by atoms with Crippen molar-refractivity contribution in [2.75, 3.05) is 6.61 Å². The smallest absolute Gasteiger partial charge is 0.293 e. The van der Waals surface area contributed by atoms with Crippen molar-refractivity contribution in [2.24, 2.45) is 0 Å². The fourth-order valence-electron chi connectivity index (χ4n) is 1.71. The number of benzene rings is 1. The van der Waals surface area contributed by atoms with Crippen molar-refractivity contribution in [3.63, 3.8) is 0 Å². The predicted octanol–water partition coefficient (Wildman–Crippen LogP) is 3.82. The number of carbonyl (C=O) groups is 1. The molecule has 0 bridgehead atoms. The van der Waals surface area contributed by atoms with Crippen LogP contribution in [0.4, 0.5) is 0 Å². The third kappa shape index (κ3) is 5.91. The van der Waals surface area contributed by atoms with E-state index in [1.54, 1.807) is 0 Å². The van der Waals surface area contributed by atoms with Gasteiger partial charge in [0.1, 0.15) is 6.61 Å². The molecular weight excluding hydrogens is 212 g/mol. The van der Waals surface area contributed by atoms with Crippen LogP contribution >= 0.6 is 0 Å². The van der Waals surface area contributed by atoms with Crippen LogP contribution in [0.1, 0.15) is 38.2 Å². The van der Waals surface area contributed by atoms with Gasteiger partial charge in [-0.2, -0.15) is 0 Å². The van der Waals surface area contributed by atoms with Gasteiger partial charge < -0.3 is 4.74 Å². The second-order valence-corrected chi connectivity index (χ2v) is 4.08. The molecule has 0 radical (unpaired) electrons. The van der Waals surface area contributed by atoms with Gasteiger partial charge in [-0.3, -0.25) is 4.79 Å². The van der Waals surface area contributed by atoms with E-state index in [0.717, 1.165) is 18.4 Å². The van der Waals surface area contributed by atoms with E-state index in [2.05, 4.69) is 25.1 Å². The van der Waals surface area contributed by atoms with E-state index in [1.807, 2.05) is 18.2 Å². The normalized spacial score (nSPS) is 11.2. The van der Waals surface area contributed by atoms with Crippen molar-refractivity contribution in [1.82, 2.24) is 0 Å². The summed E-state index contributed by atoms with van der Waals surface area (Å²) in [6.45, 7) is 3.10. The highest BCUT2D eigenvalue weighted by molar-refractivity contribution is 5.53. The summed E-state index contributed by atoms with van der Waals surface area (Å²) in [5, 5.41) is 0. The van der Waals surface area contributed by atoms with Crippen LogP contribution in [0.5, 0.6) is 0 Å². The van der Waals surface area contributed by atoms with Crippen molar-refractivity contribution in [2.45, 2.75) is 32.6 Å². The van der Waals surface area contributed by atoms with Crippen LogP contribution in [0.25, 0.3) is 6.08 Å². The van der Waals surface area contributed by atoms with Crippen LogP contribution < -0.4 is 0 Å². The van der Waals surface area contributed by atoms with E-state index in [0.29, 0.717) is 13.1 Å². The van der Waals surface area contributed by atoms with Crippen LogP contribution in [0.2, 0.25) is 0 Å². The van der Waals surface area contributed by atoms with E-state index in [-0.39, 0.29) is 0 Å². The molecule has 0 aliphatic carbocycles. The number of carbonyl (C=O) groups excluding carboxylic acids is 1. The monoisotopic (exact) mass is 232 g/mol. The van der Waals surface area contributed by atoms with Gasteiger partial charge in [0.2, 0.25) is 0 Å². The van der Waals surface area contributed by atoms with Crippen LogP contribution in [0.15, 0.2) is 35.9 Å². The minimum Gasteiger partial charge on any atom is -0.463 e. The number of ether oxygens (including phenoxy) is 1. The lowest BCUT2D eigenvalue weighted by Crippen LogP contribution is -1.97. The highest BCUT2D eigenvalue weighted by Crippen LogP contribution is 2.14. The largest absolute Gasteiger partial charge is 0.463 e. The molecule has 1 aromatic carbocycles. The molecule has 1 aromatic rings. The second kappa shape index (κ2) is 8.57. The third-order valence-corrected chi connectivity index (χ3v) is 2.61. The quantitative estimate of drug-likeness (QED) is 0.503. The average molecular weight is 232 g/mol. The predicted molar refractivity (Wildman–Crippen MR) is 70.6 cm³/mol. The number of hydrogen-bond acceptors (Lipinski definition) is 2. The topological polar surface area (TPSA) is 26.3 Å². The Morgan fingerprint density at radius 1 is 1.24 bits per heavy atom. The van der Waals surface area contributed by atoms with E-state index >= 15 is 0 Å². The molecule has 0 heterocycles. The molecular formula is C15H20O2. The minimum atomic E-state index is 0.405. The van der Waals surface area contributed by atoms with Crippen molar-refractivity contribution >= 4 is 12.5 Å². The molecule has 0 fully saturated rings. The molecule has 2 heteroatoms. The lowest BCUT2D eigenvalue weighted by atomic mass is 10.1. The van der Waals surface area contributed by atoms with Gasteiger partial charge >= 0.3 is 0 Å². The molecule has 0 N–H and O–H groups in total. The molecule has 0 aliphatic heterocycles. The first-order valence-electron chi connectivity index (χ1n) is 6.16.